The number of sulfonamides is 1. The zero-order chi connectivity index (χ0) is 33.9. The van der Waals surface area contributed by atoms with Gasteiger partial charge in [0.05, 0.1) is 34.0 Å². The van der Waals surface area contributed by atoms with E-state index in [2.05, 4.69) is 26.7 Å². The number of carbonyl (C=O) groups is 1. The van der Waals surface area contributed by atoms with Gasteiger partial charge in [-0.05, 0) is 80.3 Å². The number of piperidine rings is 1. The third kappa shape index (κ3) is 7.56. The summed E-state index contributed by atoms with van der Waals surface area (Å²) in [6, 6.07) is 14.3. The number of allylic oxidation sites excluding steroid dienone is 6. The predicted molar refractivity (Wildman–Crippen MR) is 178 cm³/mol. The minimum atomic E-state index is -3.69. The zero-order valence-electron chi connectivity index (χ0n) is 27.1. The van der Waals surface area contributed by atoms with Gasteiger partial charge in [-0.2, -0.15) is 5.26 Å². The van der Waals surface area contributed by atoms with Gasteiger partial charge in [0.25, 0.3) is 0 Å². The van der Waals surface area contributed by atoms with Gasteiger partial charge < -0.3 is 21.0 Å². The first-order chi connectivity index (χ1) is 22.4. The number of nitrogens with two attached hydrogens (primary N) is 1. The number of benzene rings is 2. The quantitative estimate of drug-likeness (QED) is 0.211. The summed E-state index contributed by atoms with van der Waals surface area (Å²) in [4.78, 5) is 14.8. The molecule has 2 aliphatic heterocycles. The SMILES string of the molecule is CC(=O)C1=C(/C([NH3+])=C/N(N)CC2CCN(CCNS(=O)(=O)c3ccc(-c4c(C)cccc4C#N)cc3)CC2)C2C(=CC=C(F)C2C)N1. The number of nitriles is 1. The molecule has 7 N–H and O–H groups in total. The van der Waals surface area contributed by atoms with Crippen LogP contribution in [-0.4, -0.2) is 56.8 Å². The molecule has 248 valence electrons. The summed E-state index contributed by atoms with van der Waals surface area (Å²) >= 11 is 0. The van der Waals surface area contributed by atoms with E-state index in [1.165, 1.54) is 13.0 Å². The van der Waals surface area contributed by atoms with Gasteiger partial charge >= 0.3 is 0 Å². The van der Waals surface area contributed by atoms with Crippen LogP contribution in [-0.2, 0) is 14.8 Å². The predicted octanol–water partition coefficient (Wildman–Crippen LogP) is 3.23. The molecule has 0 amide bonds. The Morgan fingerprint density at radius 1 is 1.21 bits per heavy atom. The molecule has 3 aliphatic rings. The Morgan fingerprint density at radius 3 is 2.57 bits per heavy atom. The normalized spacial score (nSPS) is 20.7. The van der Waals surface area contributed by atoms with Crippen LogP contribution in [0.1, 0.15) is 37.8 Å². The van der Waals surface area contributed by atoms with E-state index in [0.717, 1.165) is 48.3 Å². The summed E-state index contributed by atoms with van der Waals surface area (Å²) in [5, 5.41) is 14.3. The van der Waals surface area contributed by atoms with Crippen molar-refractivity contribution in [1.29, 1.82) is 5.26 Å². The van der Waals surface area contributed by atoms with E-state index in [9.17, 15) is 22.9 Å². The fraction of sp³-hybridized carbons (Fsp3) is 0.371. The van der Waals surface area contributed by atoms with E-state index in [-0.39, 0.29) is 29.0 Å². The number of hydrazine groups is 1. The second kappa shape index (κ2) is 14.3. The number of carbonyl (C=O) groups excluding carboxylic acids is 1. The molecule has 1 fully saturated rings. The number of hydrogen-bond donors (Lipinski definition) is 4. The molecule has 1 saturated heterocycles. The van der Waals surface area contributed by atoms with E-state index in [4.69, 9.17) is 5.84 Å². The lowest BCUT2D eigenvalue weighted by Gasteiger charge is -2.33. The maximum Gasteiger partial charge on any atom is 0.240 e. The molecule has 2 atom stereocenters. The smallest absolute Gasteiger partial charge is 0.240 e. The summed E-state index contributed by atoms with van der Waals surface area (Å²) in [7, 11) is -3.69. The molecule has 10 nitrogen and oxygen atoms in total. The van der Waals surface area contributed by atoms with Crippen LogP contribution < -0.4 is 21.6 Å². The van der Waals surface area contributed by atoms with Crippen molar-refractivity contribution in [2.24, 2.45) is 23.6 Å². The molecular weight excluding hydrogens is 617 g/mol. The lowest BCUT2D eigenvalue weighted by Crippen LogP contribution is -2.51. The summed E-state index contributed by atoms with van der Waals surface area (Å²) in [6.07, 6.45) is 6.66. The summed E-state index contributed by atoms with van der Waals surface area (Å²) in [5.41, 5.74) is 9.79. The third-order valence-corrected chi connectivity index (χ3v) is 10.8. The van der Waals surface area contributed by atoms with Gasteiger partial charge in [-0.15, -0.1) is 0 Å². The second-order valence-corrected chi connectivity index (χ2v) is 14.3. The first-order valence-electron chi connectivity index (χ1n) is 15.9. The number of aryl methyl sites for hydroxylation is 1. The average molecular weight is 661 g/mol. The van der Waals surface area contributed by atoms with Crippen LogP contribution in [0, 0.1) is 36.0 Å². The van der Waals surface area contributed by atoms with Gasteiger partial charge in [-0.1, -0.05) is 31.2 Å². The Labute approximate surface area is 276 Å². The molecule has 0 radical (unpaired) electrons. The fourth-order valence-corrected chi connectivity index (χ4v) is 7.78. The van der Waals surface area contributed by atoms with E-state index in [1.807, 2.05) is 19.1 Å². The van der Waals surface area contributed by atoms with Crippen LogP contribution in [0.2, 0.25) is 0 Å². The highest BCUT2D eigenvalue weighted by atomic mass is 32.2. The van der Waals surface area contributed by atoms with Gasteiger partial charge in [0.2, 0.25) is 10.0 Å². The van der Waals surface area contributed by atoms with Crippen molar-refractivity contribution in [1.82, 2.24) is 19.9 Å². The maximum absolute atomic E-state index is 14.5. The molecule has 12 heteroatoms. The molecular formula is C35H43FN7O3S+. The van der Waals surface area contributed by atoms with Crippen LogP contribution in [0.25, 0.3) is 11.1 Å². The molecule has 0 aromatic heterocycles. The number of rotatable bonds is 11. The number of nitrogens with zero attached hydrogens (tertiary/aromatic N) is 3. The molecule has 2 heterocycles. The van der Waals surface area contributed by atoms with Crippen LogP contribution >= 0.6 is 0 Å². The molecule has 2 unspecified atom stereocenters. The molecule has 2 aromatic rings. The van der Waals surface area contributed by atoms with Crippen molar-refractivity contribution >= 4 is 15.8 Å². The molecule has 2 aromatic carbocycles. The van der Waals surface area contributed by atoms with E-state index >= 15 is 0 Å². The summed E-state index contributed by atoms with van der Waals surface area (Å²) in [5.74, 6) is 5.63. The number of hydrogen-bond acceptors (Lipinski definition) is 8. The van der Waals surface area contributed by atoms with Crippen LogP contribution in [0.4, 0.5) is 4.39 Å². The number of nitrogens with one attached hydrogen (secondary N) is 2. The maximum atomic E-state index is 14.5. The minimum Gasteiger partial charge on any atom is -0.355 e. The zero-order valence-corrected chi connectivity index (χ0v) is 27.9. The van der Waals surface area contributed by atoms with Crippen LogP contribution in [0.15, 0.2) is 94.2 Å². The molecule has 1 aliphatic carbocycles. The average Bonchev–Trinajstić information content (AvgIpc) is 3.45. The number of ketones is 1. The number of likely N-dealkylation sites (tertiary alicyclic amines) is 1. The molecule has 5 rings (SSSR count). The van der Waals surface area contributed by atoms with Gasteiger partial charge in [-0.3, -0.25) is 4.79 Å². The summed E-state index contributed by atoms with van der Waals surface area (Å²) < 4.78 is 43.1. The fourth-order valence-electron chi connectivity index (χ4n) is 6.76. The van der Waals surface area contributed by atoms with Crippen molar-refractivity contribution in [3.63, 3.8) is 0 Å². The van der Waals surface area contributed by atoms with Crippen molar-refractivity contribution < 1.29 is 23.3 Å². The van der Waals surface area contributed by atoms with Crippen molar-refractivity contribution in [3.8, 4) is 17.2 Å². The van der Waals surface area contributed by atoms with Crippen molar-refractivity contribution in [3.05, 3.63) is 100 Å². The highest BCUT2D eigenvalue weighted by molar-refractivity contribution is 7.89. The van der Waals surface area contributed by atoms with E-state index < -0.39 is 15.9 Å². The molecule has 47 heavy (non-hydrogen) atoms. The largest absolute Gasteiger partial charge is 0.355 e. The lowest BCUT2D eigenvalue weighted by molar-refractivity contribution is -0.300. The van der Waals surface area contributed by atoms with E-state index in [1.54, 1.807) is 54.5 Å². The molecule has 0 saturated carbocycles. The first-order valence-corrected chi connectivity index (χ1v) is 17.3. The van der Waals surface area contributed by atoms with Crippen LogP contribution in [0.3, 0.4) is 0 Å². The first kappa shape index (κ1) is 34.2. The van der Waals surface area contributed by atoms with Crippen LogP contribution in [0.5, 0.6) is 0 Å². The standard InChI is InChI=1S/C35H42FN7O3S/c1-22-5-4-6-27(19-37)32(22)26-7-9-28(10-8-26)47(45,46)40-15-18-42-16-13-25(14-17-42)20-43(39)21-30(38)34-33-23(2)29(36)11-12-31(33)41-35(34)24(3)44/h4-12,21,23,25,33,40-41H,13-18,20,38-39H2,1-3H3/p+1/b30-21-. The highest BCUT2D eigenvalue weighted by Crippen LogP contribution is 2.43. The Morgan fingerprint density at radius 2 is 1.91 bits per heavy atom. The molecule has 0 spiro atoms. The Balaban J connectivity index is 1.11. The number of fused-ring (bicyclic) bond motifs is 1. The highest BCUT2D eigenvalue weighted by Gasteiger charge is 2.41. The number of halogens is 1. The monoisotopic (exact) mass is 660 g/mol. The Bertz CT molecular complexity index is 1800. The van der Waals surface area contributed by atoms with Crippen molar-refractivity contribution in [2.75, 3.05) is 32.7 Å². The Kier molecular flexibility index (Phi) is 10.4. The molecule has 0 bridgehead atoms. The van der Waals surface area contributed by atoms with Gasteiger partial charge in [-0.25, -0.2) is 23.4 Å². The number of Topliss-reactive ketones (excluding diaryl/α,β-unsaturated/α-hetero) is 1. The minimum absolute atomic E-state index is 0.137. The third-order valence-electron chi connectivity index (χ3n) is 9.30. The van der Waals surface area contributed by atoms with Gasteiger partial charge in [0.15, 0.2) is 11.5 Å². The van der Waals surface area contributed by atoms with Gasteiger partial charge in [0, 0.05) is 49.7 Å². The summed E-state index contributed by atoms with van der Waals surface area (Å²) in [6.45, 7) is 8.32. The lowest BCUT2D eigenvalue weighted by atomic mass is 9.81. The number of quaternary nitrogens is 1. The van der Waals surface area contributed by atoms with Crippen molar-refractivity contribution in [2.45, 2.75) is 38.5 Å². The Hall–Kier alpha value is -4.12. The topological polar surface area (TPSA) is 159 Å². The van der Waals surface area contributed by atoms with Gasteiger partial charge in [0.1, 0.15) is 5.83 Å². The van der Waals surface area contributed by atoms with E-state index in [0.29, 0.717) is 41.5 Å². The second-order valence-electron chi connectivity index (χ2n) is 12.6.